The maximum atomic E-state index is 5.42. The van der Waals surface area contributed by atoms with Crippen LogP contribution in [0.25, 0.3) is 11.3 Å². The normalized spacial score (nSPS) is 19.3. The molecule has 132 valence electrons. The largest absolute Gasteiger partial charge is 0.496 e. The van der Waals surface area contributed by atoms with Crippen LogP contribution < -0.4 is 9.64 Å². The smallest absolute Gasteiger partial charge is 0.151 e. The van der Waals surface area contributed by atoms with Crippen molar-refractivity contribution in [1.82, 2.24) is 15.1 Å². The molecule has 3 heterocycles. The Morgan fingerprint density at radius 1 is 0.920 bits per heavy atom. The molecule has 2 saturated heterocycles. The monoisotopic (exact) mass is 338 g/mol. The van der Waals surface area contributed by atoms with Crippen molar-refractivity contribution < 1.29 is 4.74 Å². The number of ether oxygens (including phenoxy) is 1. The van der Waals surface area contributed by atoms with Crippen LogP contribution in [-0.2, 0) is 0 Å². The lowest BCUT2D eigenvalue weighted by Crippen LogP contribution is -2.44. The number of anilines is 1. The Kier molecular flexibility index (Phi) is 4.83. The number of benzene rings is 1. The van der Waals surface area contributed by atoms with E-state index in [1.165, 1.54) is 38.8 Å². The molecule has 2 aliphatic rings. The third-order valence-electron chi connectivity index (χ3n) is 5.48. The predicted octanol–water partition coefficient (Wildman–Crippen LogP) is 3.22. The Morgan fingerprint density at radius 3 is 2.36 bits per heavy atom. The average molecular weight is 338 g/mol. The number of likely N-dealkylation sites (tertiary alicyclic amines) is 1. The molecule has 0 unspecified atom stereocenters. The van der Waals surface area contributed by atoms with Crippen molar-refractivity contribution in [2.75, 3.05) is 38.2 Å². The third-order valence-corrected chi connectivity index (χ3v) is 5.48. The minimum Gasteiger partial charge on any atom is -0.496 e. The fraction of sp³-hybridized carbons (Fsp3) is 0.500. The van der Waals surface area contributed by atoms with E-state index < -0.39 is 0 Å². The van der Waals surface area contributed by atoms with Gasteiger partial charge in [0.1, 0.15) is 5.75 Å². The highest BCUT2D eigenvalue weighted by Gasteiger charge is 2.26. The van der Waals surface area contributed by atoms with Crippen LogP contribution in [0.5, 0.6) is 5.75 Å². The molecule has 25 heavy (non-hydrogen) atoms. The van der Waals surface area contributed by atoms with Gasteiger partial charge in [0.05, 0.1) is 12.8 Å². The second-order valence-electron chi connectivity index (χ2n) is 6.94. The highest BCUT2D eigenvalue weighted by Crippen LogP contribution is 2.29. The van der Waals surface area contributed by atoms with Crippen molar-refractivity contribution in [3.05, 3.63) is 36.4 Å². The van der Waals surface area contributed by atoms with Gasteiger partial charge in [0.2, 0.25) is 0 Å². The van der Waals surface area contributed by atoms with Crippen LogP contribution in [-0.4, -0.2) is 54.4 Å². The van der Waals surface area contributed by atoms with E-state index in [2.05, 4.69) is 26.1 Å². The lowest BCUT2D eigenvalue weighted by molar-refractivity contribution is 0.207. The van der Waals surface area contributed by atoms with Crippen LogP contribution in [0, 0.1) is 0 Å². The number of hydrogen-bond acceptors (Lipinski definition) is 5. The van der Waals surface area contributed by atoms with Crippen LogP contribution in [0.15, 0.2) is 36.4 Å². The summed E-state index contributed by atoms with van der Waals surface area (Å²) in [4.78, 5) is 5.04. The van der Waals surface area contributed by atoms with Gasteiger partial charge in [-0.1, -0.05) is 12.1 Å². The van der Waals surface area contributed by atoms with E-state index in [0.717, 1.165) is 42.0 Å². The van der Waals surface area contributed by atoms with Crippen LogP contribution >= 0.6 is 0 Å². The summed E-state index contributed by atoms with van der Waals surface area (Å²) in [7, 11) is 1.69. The molecule has 0 amide bonds. The summed E-state index contributed by atoms with van der Waals surface area (Å²) >= 11 is 0. The summed E-state index contributed by atoms with van der Waals surface area (Å²) in [6.07, 6.45) is 5.21. The minimum atomic E-state index is 0.763. The zero-order chi connectivity index (χ0) is 17.1. The Balaban J connectivity index is 1.42. The van der Waals surface area contributed by atoms with Crippen molar-refractivity contribution in [3.8, 4) is 17.0 Å². The predicted molar refractivity (Wildman–Crippen MR) is 100 cm³/mol. The molecule has 4 rings (SSSR count). The zero-order valence-corrected chi connectivity index (χ0v) is 14.9. The molecule has 0 radical (unpaired) electrons. The molecular formula is C20H26N4O. The molecule has 2 fully saturated rings. The van der Waals surface area contributed by atoms with Gasteiger partial charge in [-0.15, -0.1) is 10.2 Å². The molecular weight excluding hydrogens is 312 g/mol. The highest BCUT2D eigenvalue weighted by atomic mass is 16.5. The van der Waals surface area contributed by atoms with E-state index >= 15 is 0 Å². The fourth-order valence-electron chi connectivity index (χ4n) is 4.06. The molecule has 1 aromatic heterocycles. The molecule has 2 aromatic rings. The highest BCUT2D eigenvalue weighted by molar-refractivity contribution is 5.67. The maximum absolute atomic E-state index is 5.42. The molecule has 0 spiro atoms. The van der Waals surface area contributed by atoms with Crippen molar-refractivity contribution in [2.45, 2.75) is 31.7 Å². The number of methoxy groups -OCH3 is 1. The summed E-state index contributed by atoms with van der Waals surface area (Å²) in [5.74, 6) is 1.81. The molecule has 0 N–H and O–H groups in total. The molecule has 0 saturated carbocycles. The van der Waals surface area contributed by atoms with Crippen LogP contribution in [0.3, 0.4) is 0 Å². The first-order valence-corrected chi connectivity index (χ1v) is 9.31. The summed E-state index contributed by atoms with van der Waals surface area (Å²) in [6.45, 7) is 4.73. The van der Waals surface area contributed by atoms with Crippen LogP contribution in [0.1, 0.15) is 25.7 Å². The minimum absolute atomic E-state index is 0.763. The van der Waals surface area contributed by atoms with Gasteiger partial charge in [0.15, 0.2) is 5.82 Å². The van der Waals surface area contributed by atoms with Gasteiger partial charge in [-0.3, -0.25) is 0 Å². The van der Waals surface area contributed by atoms with Crippen LogP contribution in [0.2, 0.25) is 0 Å². The third kappa shape index (κ3) is 3.47. The number of aromatic nitrogens is 2. The van der Waals surface area contributed by atoms with Gasteiger partial charge >= 0.3 is 0 Å². The van der Waals surface area contributed by atoms with E-state index in [4.69, 9.17) is 4.74 Å². The molecule has 5 nitrogen and oxygen atoms in total. The molecule has 0 aliphatic carbocycles. The van der Waals surface area contributed by atoms with Gasteiger partial charge in [0.25, 0.3) is 0 Å². The van der Waals surface area contributed by atoms with Gasteiger partial charge in [-0.05, 0) is 63.0 Å². The Bertz CT molecular complexity index is 689. The Labute approximate surface area is 149 Å². The second-order valence-corrected chi connectivity index (χ2v) is 6.94. The summed E-state index contributed by atoms with van der Waals surface area (Å²) < 4.78 is 5.42. The van der Waals surface area contributed by atoms with Gasteiger partial charge in [0, 0.05) is 24.7 Å². The summed E-state index contributed by atoms with van der Waals surface area (Å²) in [6, 6.07) is 12.8. The first-order chi connectivity index (χ1) is 12.3. The lowest BCUT2D eigenvalue weighted by atomic mass is 10.0. The van der Waals surface area contributed by atoms with Crippen LogP contribution in [0.4, 0.5) is 5.82 Å². The van der Waals surface area contributed by atoms with Gasteiger partial charge < -0.3 is 14.5 Å². The molecule has 1 aromatic carbocycles. The topological polar surface area (TPSA) is 41.5 Å². The van der Waals surface area contributed by atoms with E-state index in [9.17, 15) is 0 Å². The first kappa shape index (κ1) is 16.3. The first-order valence-electron chi connectivity index (χ1n) is 9.31. The van der Waals surface area contributed by atoms with Crippen molar-refractivity contribution in [3.63, 3.8) is 0 Å². The quantitative estimate of drug-likeness (QED) is 0.856. The van der Waals surface area contributed by atoms with E-state index in [-0.39, 0.29) is 0 Å². The Hall–Kier alpha value is -2.14. The number of nitrogens with zero attached hydrogens (tertiary/aromatic N) is 4. The number of para-hydroxylation sites is 1. The average Bonchev–Trinajstić information content (AvgIpc) is 3.23. The SMILES string of the molecule is COc1ccccc1-c1ccc(N2CCC(N3CCCC3)CC2)nn1. The van der Waals surface area contributed by atoms with Gasteiger partial charge in [-0.25, -0.2) is 0 Å². The second kappa shape index (κ2) is 7.40. The number of hydrogen-bond donors (Lipinski definition) is 0. The Morgan fingerprint density at radius 2 is 1.68 bits per heavy atom. The van der Waals surface area contributed by atoms with E-state index in [1.54, 1.807) is 7.11 Å². The van der Waals surface area contributed by atoms with Crippen molar-refractivity contribution in [1.29, 1.82) is 0 Å². The lowest BCUT2D eigenvalue weighted by Gasteiger charge is -2.37. The number of piperidine rings is 1. The molecule has 0 bridgehead atoms. The summed E-state index contributed by atoms with van der Waals surface area (Å²) in [5.41, 5.74) is 1.84. The van der Waals surface area contributed by atoms with E-state index in [1.807, 2.05) is 30.3 Å². The maximum Gasteiger partial charge on any atom is 0.151 e. The molecule has 0 atom stereocenters. The van der Waals surface area contributed by atoms with Crippen molar-refractivity contribution in [2.24, 2.45) is 0 Å². The summed E-state index contributed by atoms with van der Waals surface area (Å²) in [5, 5.41) is 8.93. The van der Waals surface area contributed by atoms with Crippen molar-refractivity contribution >= 4 is 5.82 Å². The van der Waals surface area contributed by atoms with Gasteiger partial charge in [-0.2, -0.15) is 0 Å². The molecule has 5 heteroatoms. The number of rotatable bonds is 4. The fourth-order valence-corrected chi connectivity index (χ4v) is 4.06. The zero-order valence-electron chi connectivity index (χ0n) is 14.9. The molecule has 2 aliphatic heterocycles. The van der Waals surface area contributed by atoms with E-state index in [0.29, 0.717) is 0 Å². The standard InChI is InChI=1S/C20H26N4O/c1-25-19-7-3-2-6-17(19)18-8-9-20(22-21-18)24-14-10-16(11-15-24)23-12-4-5-13-23/h2-3,6-9,16H,4-5,10-15H2,1H3.